The number of carbonyl (C=O) groups excluding carboxylic acids is 1. The number of aliphatic hydroxyl groups excluding tert-OH is 1. The molecule has 124 valence electrons. The summed E-state index contributed by atoms with van der Waals surface area (Å²) in [4.78, 5) is 10.9. The van der Waals surface area contributed by atoms with E-state index in [1.54, 1.807) is 5.48 Å². The molecular formula is C20H21NO3. The van der Waals surface area contributed by atoms with Gasteiger partial charge in [0, 0.05) is 17.5 Å². The minimum absolute atomic E-state index is 0.261. The van der Waals surface area contributed by atoms with Gasteiger partial charge in [0.15, 0.2) is 0 Å². The molecule has 4 heteroatoms. The van der Waals surface area contributed by atoms with Crippen molar-refractivity contribution in [2.24, 2.45) is 0 Å². The van der Waals surface area contributed by atoms with Crippen LogP contribution in [0.2, 0.25) is 0 Å². The number of hydrogen-bond donors (Lipinski definition) is 3. The molecule has 2 aromatic rings. The molecule has 1 atom stereocenters. The molecule has 0 fully saturated rings. The van der Waals surface area contributed by atoms with E-state index in [4.69, 9.17) is 5.21 Å². The third-order valence-corrected chi connectivity index (χ3v) is 3.68. The molecule has 2 aromatic carbocycles. The molecule has 0 aliphatic rings. The molecule has 0 spiro atoms. The molecule has 0 aliphatic heterocycles. The van der Waals surface area contributed by atoms with E-state index in [0.717, 1.165) is 16.7 Å². The van der Waals surface area contributed by atoms with Crippen LogP contribution in [0.3, 0.4) is 0 Å². The van der Waals surface area contributed by atoms with Crippen molar-refractivity contribution in [1.29, 1.82) is 0 Å². The maximum atomic E-state index is 10.9. The lowest BCUT2D eigenvalue weighted by atomic mass is 10.0. The lowest BCUT2D eigenvalue weighted by molar-refractivity contribution is -0.129. The first-order chi connectivity index (χ1) is 11.7. The second-order valence-corrected chi connectivity index (χ2v) is 5.53. The molecule has 0 heterocycles. The molecule has 1 unspecified atom stereocenters. The Morgan fingerprint density at radius 2 is 1.58 bits per heavy atom. The molecule has 3 N–H and O–H groups in total. The van der Waals surface area contributed by atoms with Gasteiger partial charge in [0.2, 0.25) is 5.91 Å². The second-order valence-electron chi connectivity index (χ2n) is 5.53. The molecule has 4 nitrogen and oxygen atoms in total. The van der Waals surface area contributed by atoms with Crippen LogP contribution in [-0.4, -0.2) is 16.2 Å². The van der Waals surface area contributed by atoms with Gasteiger partial charge in [-0.15, -0.1) is 0 Å². The Labute approximate surface area is 142 Å². The Bertz CT molecular complexity index is 699. The zero-order chi connectivity index (χ0) is 17.2. The fourth-order valence-electron chi connectivity index (χ4n) is 2.30. The van der Waals surface area contributed by atoms with Gasteiger partial charge in [0.05, 0.1) is 6.10 Å². The summed E-state index contributed by atoms with van der Waals surface area (Å²) in [5.74, 6) is 5.80. The Morgan fingerprint density at radius 1 is 0.958 bits per heavy atom. The molecule has 1 amide bonds. The molecule has 0 bridgehead atoms. The Hall–Kier alpha value is -2.61. The van der Waals surface area contributed by atoms with E-state index in [-0.39, 0.29) is 6.42 Å². The summed E-state index contributed by atoms with van der Waals surface area (Å²) >= 11 is 0. The fourth-order valence-corrected chi connectivity index (χ4v) is 2.30. The highest BCUT2D eigenvalue weighted by atomic mass is 16.5. The van der Waals surface area contributed by atoms with Crippen molar-refractivity contribution in [1.82, 2.24) is 5.48 Å². The number of nitrogens with one attached hydrogen (secondary N) is 1. The Morgan fingerprint density at radius 3 is 2.21 bits per heavy atom. The maximum absolute atomic E-state index is 10.9. The van der Waals surface area contributed by atoms with E-state index in [2.05, 4.69) is 11.8 Å². The van der Waals surface area contributed by atoms with Crippen LogP contribution >= 0.6 is 0 Å². The standard InChI is InChI=1S/C20H21NO3/c22-19(8-4-5-9-20(23)21-24)18-14-12-17(13-15-18)11-10-16-6-2-1-3-7-16/h1-3,6-7,12-15,19,22,24H,4-5,8-9H2,(H,21,23). The topological polar surface area (TPSA) is 69.6 Å². The van der Waals surface area contributed by atoms with E-state index in [1.165, 1.54) is 0 Å². The van der Waals surface area contributed by atoms with Crippen LogP contribution < -0.4 is 5.48 Å². The van der Waals surface area contributed by atoms with Gasteiger partial charge in [0.1, 0.15) is 0 Å². The first kappa shape index (κ1) is 17.7. The van der Waals surface area contributed by atoms with Gasteiger partial charge in [-0.05, 0) is 42.7 Å². The lowest BCUT2D eigenvalue weighted by Crippen LogP contribution is -2.17. The highest BCUT2D eigenvalue weighted by molar-refractivity contribution is 5.74. The van der Waals surface area contributed by atoms with Crippen molar-refractivity contribution < 1.29 is 15.1 Å². The number of hydrogen-bond acceptors (Lipinski definition) is 3. The van der Waals surface area contributed by atoms with Crippen molar-refractivity contribution in [2.45, 2.75) is 31.8 Å². The predicted octanol–water partition coefficient (Wildman–Crippen LogP) is 3.19. The average Bonchev–Trinajstić information content (AvgIpc) is 2.64. The summed E-state index contributed by atoms with van der Waals surface area (Å²) in [5.41, 5.74) is 4.30. The first-order valence-corrected chi connectivity index (χ1v) is 7.97. The zero-order valence-electron chi connectivity index (χ0n) is 13.4. The number of hydroxylamine groups is 1. The normalized spacial score (nSPS) is 11.2. The molecule has 0 aliphatic carbocycles. The van der Waals surface area contributed by atoms with Crippen molar-refractivity contribution in [3.63, 3.8) is 0 Å². The van der Waals surface area contributed by atoms with Crippen molar-refractivity contribution in [3.05, 3.63) is 71.3 Å². The molecule has 2 rings (SSSR count). The van der Waals surface area contributed by atoms with Gasteiger partial charge in [-0.3, -0.25) is 10.0 Å². The number of carbonyl (C=O) groups is 1. The number of aliphatic hydroxyl groups is 1. The summed E-state index contributed by atoms with van der Waals surface area (Å²) < 4.78 is 0. The summed E-state index contributed by atoms with van der Waals surface area (Å²) in [6.45, 7) is 0. The van der Waals surface area contributed by atoms with E-state index in [9.17, 15) is 9.90 Å². The quantitative estimate of drug-likeness (QED) is 0.331. The summed E-state index contributed by atoms with van der Waals surface area (Å²) in [6, 6.07) is 17.3. The third-order valence-electron chi connectivity index (χ3n) is 3.68. The van der Waals surface area contributed by atoms with Gasteiger partial charge in [0.25, 0.3) is 0 Å². The molecule has 0 saturated carbocycles. The monoisotopic (exact) mass is 323 g/mol. The van der Waals surface area contributed by atoms with Crippen LogP contribution in [0, 0.1) is 11.8 Å². The Kier molecular flexibility index (Phi) is 7.03. The van der Waals surface area contributed by atoms with Crippen LogP contribution in [-0.2, 0) is 4.79 Å². The zero-order valence-corrected chi connectivity index (χ0v) is 13.4. The van der Waals surface area contributed by atoms with Crippen molar-refractivity contribution >= 4 is 5.91 Å². The number of unbranched alkanes of at least 4 members (excludes halogenated alkanes) is 1. The van der Waals surface area contributed by atoms with E-state index >= 15 is 0 Å². The van der Waals surface area contributed by atoms with Gasteiger partial charge in [-0.2, -0.15) is 0 Å². The van der Waals surface area contributed by atoms with Crippen molar-refractivity contribution in [2.75, 3.05) is 0 Å². The average molecular weight is 323 g/mol. The van der Waals surface area contributed by atoms with E-state index in [1.807, 2.05) is 54.6 Å². The minimum atomic E-state index is -0.557. The molecule has 0 saturated heterocycles. The maximum Gasteiger partial charge on any atom is 0.243 e. The largest absolute Gasteiger partial charge is 0.388 e. The number of amides is 1. The summed E-state index contributed by atoms with van der Waals surface area (Å²) in [6.07, 6.45) is 1.62. The van der Waals surface area contributed by atoms with Gasteiger partial charge < -0.3 is 5.11 Å². The van der Waals surface area contributed by atoms with Crippen LogP contribution in [0.5, 0.6) is 0 Å². The van der Waals surface area contributed by atoms with E-state index in [0.29, 0.717) is 19.3 Å². The SMILES string of the molecule is O=C(CCCCC(O)c1ccc(C#Cc2ccccc2)cc1)NO. The van der Waals surface area contributed by atoms with Gasteiger partial charge in [-0.1, -0.05) is 48.6 Å². The van der Waals surface area contributed by atoms with E-state index < -0.39 is 12.0 Å². The van der Waals surface area contributed by atoms with Crippen LogP contribution in [0.1, 0.15) is 48.5 Å². The van der Waals surface area contributed by atoms with Gasteiger partial charge >= 0.3 is 0 Å². The highest BCUT2D eigenvalue weighted by Crippen LogP contribution is 2.20. The molecule has 0 radical (unpaired) electrons. The molecule has 0 aromatic heterocycles. The highest BCUT2D eigenvalue weighted by Gasteiger charge is 2.07. The first-order valence-electron chi connectivity index (χ1n) is 7.97. The smallest absolute Gasteiger partial charge is 0.243 e. The van der Waals surface area contributed by atoms with Gasteiger partial charge in [-0.25, -0.2) is 5.48 Å². The molecule has 24 heavy (non-hydrogen) atoms. The number of rotatable bonds is 6. The minimum Gasteiger partial charge on any atom is -0.388 e. The second kappa shape index (κ2) is 9.51. The summed E-state index contributed by atoms with van der Waals surface area (Å²) in [5, 5.41) is 18.6. The third kappa shape index (κ3) is 5.88. The fraction of sp³-hybridized carbons (Fsp3) is 0.250. The lowest BCUT2D eigenvalue weighted by Gasteiger charge is -2.10. The van der Waals surface area contributed by atoms with Crippen LogP contribution in [0.15, 0.2) is 54.6 Å². The number of benzene rings is 2. The van der Waals surface area contributed by atoms with Crippen LogP contribution in [0.25, 0.3) is 0 Å². The van der Waals surface area contributed by atoms with Crippen LogP contribution in [0.4, 0.5) is 0 Å². The van der Waals surface area contributed by atoms with Crippen molar-refractivity contribution in [3.8, 4) is 11.8 Å². The Balaban J connectivity index is 1.85. The molecular weight excluding hydrogens is 302 g/mol. The predicted molar refractivity (Wildman–Crippen MR) is 92.2 cm³/mol. The summed E-state index contributed by atoms with van der Waals surface area (Å²) in [7, 11) is 0.